The van der Waals surface area contributed by atoms with Gasteiger partial charge in [0.05, 0.1) is 10.7 Å². The second-order valence-corrected chi connectivity index (χ2v) is 7.51. The molecule has 1 rings (SSSR count). The zero-order valence-corrected chi connectivity index (χ0v) is 13.7. The van der Waals surface area contributed by atoms with Crippen LogP contribution in [0.3, 0.4) is 0 Å². The summed E-state index contributed by atoms with van der Waals surface area (Å²) in [6.45, 7) is 16.6. The molecule has 1 aromatic heterocycles. The maximum absolute atomic E-state index is 4.86. The van der Waals surface area contributed by atoms with E-state index in [9.17, 15) is 0 Å². The second-order valence-electron chi connectivity index (χ2n) is 6.42. The van der Waals surface area contributed by atoms with Gasteiger partial charge >= 0.3 is 0 Å². The highest BCUT2D eigenvalue weighted by Crippen LogP contribution is 2.32. The van der Waals surface area contributed by atoms with Gasteiger partial charge in [-0.05, 0) is 19.3 Å². The monoisotopic (exact) mass is 268 g/mol. The third-order valence-electron chi connectivity index (χ3n) is 3.14. The predicted octanol–water partition coefficient (Wildman–Crippen LogP) is 4.45. The minimum absolute atomic E-state index is 0.156. The number of hydrogen-bond acceptors (Lipinski definition) is 3. The Morgan fingerprint density at radius 1 is 1.22 bits per heavy atom. The molecule has 1 unspecified atom stereocenters. The molecule has 1 aromatic rings. The number of nitrogens with one attached hydrogen (secondary N) is 1. The number of thiazole rings is 1. The van der Waals surface area contributed by atoms with Crippen LogP contribution in [0.1, 0.15) is 76.4 Å². The third-order valence-corrected chi connectivity index (χ3v) is 4.64. The Balaban J connectivity index is 2.91. The summed E-state index contributed by atoms with van der Waals surface area (Å²) in [5.41, 5.74) is 1.43. The fourth-order valence-electron chi connectivity index (χ4n) is 1.67. The van der Waals surface area contributed by atoms with Crippen molar-refractivity contribution in [1.82, 2.24) is 10.3 Å². The average Bonchev–Trinajstić information content (AvgIpc) is 2.69. The van der Waals surface area contributed by atoms with Crippen molar-refractivity contribution in [1.29, 1.82) is 0 Å². The van der Waals surface area contributed by atoms with Crippen LogP contribution < -0.4 is 5.32 Å². The highest BCUT2D eigenvalue weighted by molar-refractivity contribution is 7.11. The lowest BCUT2D eigenvalue weighted by Crippen LogP contribution is -2.24. The normalized spacial score (nSPS) is 14.2. The summed E-state index contributed by atoms with van der Waals surface area (Å²) in [7, 11) is 0. The minimum atomic E-state index is 0.156. The van der Waals surface area contributed by atoms with Crippen molar-refractivity contribution in [2.45, 2.75) is 78.8 Å². The van der Waals surface area contributed by atoms with Gasteiger partial charge < -0.3 is 5.32 Å². The van der Waals surface area contributed by atoms with Gasteiger partial charge in [-0.15, -0.1) is 11.3 Å². The van der Waals surface area contributed by atoms with Crippen molar-refractivity contribution in [3.63, 3.8) is 0 Å². The van der Waals surface area contributed by atoms with Crippen LogP contribution in [-0.4, -0.2) is 11.0 Å². The first-order chi connectivity index (χ1) is 8.25. The fraction of sp³-hybridized carbons (Fsp3) is 0.800. The molecule has 0 fully saturated rings. The van der Waals surface area contributed by atoms with Crippen molar-refractivity contribution in [2.24, 2.45) is 0 Å². The van der Waals surface area contributed by atoms with Gasteiger partial charge in [0.25, 0.3) is 0 Å². The Morgan fingerprint density at radius 2 is 1.83 bits per heavy atom. The van der Waals surface area contributed by atoms with E-state index >= 15 is 0 Å². The standard InChI is InChI=1S/C15H28N2S/c1-8-11(4)16-9-12-13(10(2)3)17-14(18-12)15(5,6)7/h10-11,16H,8-9H2,1-7H3. The van der Waals surface area contributed by atoms with Gasteiger partial charge in [0.15, 0.2) is 0 Å². The van der Waals surface area contributed by atoms with Crippen LogP contribution >= 0.6 is 11.3 Å². The number of nitrogens with zero attached hydrogens (tertiary/aromatic N) is 1. The van der Waals surface area contributed by atoms with E-state index in [4.69, 9.17) is 4.98 Å². The van der Waals surface area contributed by atoms with Crippen LogP contribution in [0, 0.1) is 0 Å². The van der Waals surface area contributed by atoms with E-state index in [1.54, 1.807) is 0 Å². The summed E-state index contributed by atoms with van der Waals surface area (Å²) in [5.74, 6) is 0.506. The molecular weight excluding hydrogens is 240 g/mol. The number of rotatable bonds is 5. The molecule has 3 heteroatoms. The van der Waals surface area contributed by atoms with E-state index in [-0.39, 0.29) is 5.41 Å². The minimum Gasteiger partial charge on any atom is -0.309 e. The zero-order valence-electron chi connectivity index (χ0n) is 12.9. The summed E-state index contributed by atoms with van der Waals surface area (Å²) < 4.78 is 0. The number of aromatic nitrogens is 1. The maximum Gasteiger partial charge on any atom is 0.0985 e. The van der Waals surface area contributed by atoms with E-state index in [0.29, 0.717) is 12.0 Å². The van der Waals surface area contributed by atoms with E-state index < -0.39 is 0 Å². The highest BCUT2D eigenvalue weighted by Gasteiger charge is 2.22. The average molecular weight is 268 g/mol. The molecule has 0 saturated carbocycles. The first-order valence-electron chi connectivity index (χ1n) is 6.99. The molecule has 0 bridgehead atoms. The lowest BCUT2D eigenvalue weighted by atomic mass is 9.98. The molecule has 0 aromatic carbocycles. The Hall–Kier alpha value is -0.410. The molecule has 0 aliphatic rings. The van der Waals surface area contributed by atoms with Crippen LogP contribution in [0.4, 0.5) is 0 Å². The molecule has 2 nitrogen and oxygen atoms in total. The topological polar surface area (TPSA) is 24.9 Å². The summed E-state index contributed by atoms with van der Waals surface area (Å²) in [6.07, 6.45) is 1.17. The highest BCUT2D eigenvalue weighted by atomic mass is 32.1. The first kappa shape index (κ1) is 15.6. The van der Waals surface area contributed by atoms with Gasteiger partial charge in [-0.2, -0.15) is 0 Å². The Morgan fingerprint density at radius 3 is 2.28 bits per heavy atom. The van der Waals surface area contributed by atoms with Gasteiger partial charge in [-0.25, -0.2) is 4.98 Å². The Labute approximate surface area is 116 Å². The van der Waals surface area contributed by atoms with Crippen molar-refractivity contribution in [3.05, 3.63) is 15.6 Å². The second kappa shape index (κ2) is 6.16. The van der Waals surface area contributed by atoms with E-state index in [1.165, 1.54) is 22.0 Å². The predicted molar refractivity (Wildman–Crippen MR) is 81.5 cm³/mol. The SMILES string of the molecule is CCC(C)NCc1sc(C(C)(C)C)nc1C(C)C. The molecule has 18 heavy (non-hydrogen) atoms. The zero-order chi connectivity index (χ0) is 13.9. The molecule has 0 amide bonds. The van der Waals surface area contributed by atoms with Crippen molar-refractivity contribution < 1.29 is 0 Å². The molecule has 0 spiro atoms. The molecule has 1 atom stereocenters. The fourth-order valence-corrected chi connectivity index (χ4v) is 2.90. The van der Waals surface area contributed by atoms with Crippen molar-refractivity contribution >= 4 is 11.3 Å². The molecule has 0 aliphatic heterocycles. The molecule has 0 aliphatic carbocycles. The maximum atomic E-state index is 4.86. The quantitative estimate of drug-likeness (QED) is 0.853. The van der Waals surface area contributed by atoms with Crippen LogP contribution in [0.5, 0.6) is 0 Å². The van der Waals surface area contributed by atoms with Gasteiger partial charge in [0.1, 0.15) is 0 Å². The smallest absolute Gasteiger partial charge is 0.0985 e. The third kappa shape index (κ3) is 4.06. The molecule has 1 heterocycles. The number of hydrogen-bond donors (Lipinski definition) is 1. The Bertz CT molecular complexity index is 374. The molecule has 0 saturated heterocycles. The Kier molecular flexibility index (Phi) is 5.35. The van der Waals surface area contributed by atoms with Crippen molar-refractivity contribution in [2.75, 3.05) is 0 Å². The van der Waals surface area contributed by atoms with E-state index in [1.807, 2.05) is 11.3 Å². The lowest BCUT2D eigenvalue weighted by Gasteiger charge is -2.13. The summed E-state index contributed by atoms with van der Waals surface area (Å²) in [5, 5.41) is 4.84. The largest absolute Gasteiger partial charge is 0.309 e. The van der Waals surface area contributed by atoms with Gasteiger partial charge in [-0.3, -0.25) is 0 Å². The summed E-state index contributed by atoms with van der Waals surface area (Å²) >= 11 is 1.87. The summed E-state index contributed by atoms with van der Waals surface area (Å²) in [4.78, 5) is 6.28. The van der Waals surface area contributed by atoms with Crippen LogP contribution in [-0.2, 0) is 12.0 Å². The molecule has 1 N–H and O–H groups in total. The summed E-state index contributed by atoms with van der Waals surface area (Å²) in [6, 6.07) is 0.574. The van der Waals surface area contributed by atoms with Crippen LogP contribution in [0.15, 0.2) is 0 Å². The molecule has 0 radical (unpaired) electrons. The van der Waals surface area contributed by atoms with Gasteiger partial charge in [0, 0.05) is 22.9 Å². The first-order valence-corrected chi connectivity index (χ1v) is 7.80. The van der Waals surface area contributed by atoms with Crippen LogP contribution in [0.25, 0.3) is 0 Å². The van der Waals surface area contributed by atoms with Gasteiger partial charge in [0.2, 0.25) is 0 Å². The van der Waals surface area contributed by atoms with Crippen molar-refractivity contribution in [3.8, 4) is 0 Å². The van der Waals surface area contributed by atoms with Crippen LogP contribution in [0.2, 0.25) is 0 Å². The lowest BCUT2D eigenvalue weighted by molar-refractivity contribution is 0.534. The van der Waals surface area contributed by atoms with Gasteiger partial charge in [-0.1, -0.05) is 41.5 Å². The molecular formula is C15H28N2S. The van der Waals surface area contributed by atoms with E-state index in [2.05, 4.69) is 53.8 Å². The molecule has 104 valence electrons. The van der Waals surface area contributed by atoms with E-state index in [0.717, 1.165) is 6.54 Å².